The number of carboxylic acid groups (broad SMARTS) is 1. The van der Waals surface area contributed by atoms with E-state index >= 15 is 0 Å². The Morgan fingerprint density at radius 2 is 2.22 bits per heavy atom. The van der Waals surface area contributed by atoms with Gasteiger partial charge < -0.3 is 19.7 Å². The van der Waals surface area contributed by atoms with Crippen LogP contribution < -0.4 is 0 Å². The van der Waals surface area contributed by atoms with E-state index in [9.17, 15) is 9.90 Å². The Labute approximate surface area is 135 Å². The first-order valence-corrected chi connectivity index (χ1v) is 8.15. The van der Waals surface area contributed by atoms with Crippen LogP contribution in [-0.2, 0) is 22.6 Å². The van der Waals surface area contributed by atoms with E-state index < -0.39 is 5.60 Å². The van der Waals surface area contributed by atoms with E-state index in [0.717, 1.165) is 44.5 Å². The molecular formula is C16H25N3O4. The minimum Gasteiger partial charge on any atom is -0.483 e. The summed E-state index contributed by atoms with van der Waals surface area (Å²) in [6.07, 6.45) is 8.77. The van der Waals surface area contributed by atoms with Crippen molar-refractivity contribution in [1.82, 2.24) is 14.5 Å². The van der Waals surface area contributed by atoms with Gasteiger partial charge in [-0.05, 0) is 25.7 Å². The summed E-state index contributed by atoms with van der Waals surface area (Å²) in [6.45, 7) is 3.31. The number of hydrogen-bond acceptors (Lipinski definition) is 4. The third-order valence-corrected chi connectivity index (χ3v) is 4.64. The Hall–Kier alpha value is -1.89. The zero-order valence-electron chi connectivity index (χ0n) is 13.5. The molecule has 2 aliphatic rings. The molecule has 23 heavy (non-hydrogen) atoms. The quantitative estimate of drug-likeness (QED) is 0.790. The fraction of sp³-hybridized carbons (Fsp3) is 0.688. The van der Waals surface area contributed by atoms with Gasteiger partial charge in [-0.15, -0.1) is 0 Å². The standard InChI is InChI=1S/C15H23N3O2.CH2O2/c1-2-13-16-8-11-17(13)10-5-14(19)18-9-3-4-12(18)15(20)6-7-15;2-1-3/h8,11-12,20H,2-7,9-10H2,1H3;1H,(H,2,3). The van der Waals surface area contributed by atoms with Crippen LogP contribution in [0.15, 0.2) is 12.4 Å². The molecule has 1 amide bonds. The van der Waals surface area contributed by atoms with Crippen molar-refractivity contribution in [3.63, 3.8) is 0 Å². The second-order valence-corrected chi connectivity index (χ2v) is 6.09. The average molecular weight is 323 g/mol. The van der Waals surface area contributed by atoms with Crippen LogP contribution in [0.4, 0.5) is 0 Å². The highest BCUT2D eigenvalue weighted by atomic mass is 16.3. The lowest BCUT2D eigenvalue weighted by atomic mass is 10.1. The molecule has 1 aromatic heterocycles. The molecule has 1 saturated heterocycles. The van der Waals surface area contributed by atoms with E-state index in [2.05, 4.69) is 16.5 Å². The number of aliphatic hydroxyl groups is 1. The largest absolute Gasteiger partial charge is 0.483 e. The summed E-state index contributed by atoms with van der Waals surface area (Å²) in [5, 5.41) is 17.2. The van der Waals surface area contributed by atoms with Gasteiger partial charge in [-0.25, -0.2) is 4.98 Å². The predicted octanol–water partition coefficient (Wildman–Crippen LogP) is 1.05. The molecule has 2 fully saturated rings. The molecule has 0 spiro atoms. The van der Waals surface area contributed by atoms with Gasteiger partial charge in [0, 0.05) is 38.3 Å². The molecule has 1 atom stereocenters. The highest BCUT2D eigenvalue weighted by molar-refractivity contribution is 5.77. The third-order valence-electron chi connectivity index (χ3n) is 4.64. The summed E-state index contributed by atoms with van der Waals surface area (Å²) in [6, 6.07) is 0.0587. The second-order valence-electron chi connectivity index (χ2n) is 6.09. The smallest absolute Gasteiger partial charge is 0.290 e. The number of rotatable bonds is 5. The van der Waals surface area contributed by atoms with Crippen molar-refractivity contribution in [2.75, 3.05) is 6.54 Å². The summed E-state index contributed by atoms with van der Waals surface area (Å²) >= 11 is 0. The van der Waals surface area contributed by atoms with E-state index in [0.29, 0.717) is 13.0 Å². The van der Waals surface area contributed by atoms with Gasteiger partial charge >= 0.3 is 0 Å². The second kappa shape index (κ2) is 7.59. The summed E-state index contributed by atoms with van der Waals surface area (Å²) < 4.78 is 2.05. The normalized spacial score (nSPS) is 21.5. The lowest BCUT2D eigenvalue weighted by Crippen LogP contribution is -2.44. The van der Waals surface area contributed by atoms with E-state index in [1.807, 2.05) is 11.1 Å². The van der Waals surface area contributed by atoms with Crippen LogP contribution in [0.25, 0.3) is 0 Å². The highest BCUT2D eigenvalue weighted by Crippen LogP contribution is 2.44. The lowest BCUT2D eigenvalue weighted by molar-refractivity contribution is -0.135. The topological polar surface area (TPSA) is 95.7 Å². The molecule has 1 aliphatic heterocycles. The van der Waals surface area contributed by atoms with Crippen molar-refractivity contribution in [1.29, 1.82) is 0 Å². The lowest BCUT2D eigenvalue weighted by Gasteiger charge is -2.29. The number of likely N-dealkylation sites (tertiary alicyclic amines) is 1. The van der Waals surface area contributed by atoms with Crippen LogP contribution in [0.1, 0.15) is 44.9 Å². The van der Waals surface area contributed by atoms with Gasteiger partial charge in [0.15, 0.2) is 0 Å². The number of aromatic nitrogens is 2. The number of nitrogens with zero attached hydrogens (tertiary/aromatic N) is 3. The van der Waals surface area contributed by atoms with Crippen LogP contribution in [0, 0.1) is 0 Å². The molecule has 1 aliphatic carbocycles. The number of carbonyl (C=O) groups excluding carboxylic acids is 1. The zero-order valence-corrected chi connectivity index (χ0v) is 13.5. The first-order valence-electron chi connectivity index (χ1n) is 8.15. The molecule has 0 radical (unpaired) electrons. The van der Waals surface area contributed by atoms with E-state index in [-0.39, 0.29) is 18.4 Å². The molecular weight excluding hydrogens is 298 g/mol. The Bertz CT molecular complexity index is 539. The Morgan fingerprint density at radius 1 is 1.52 bits per heavy atom. The van der Waals surface area contributed by atoms with Gasteiger partial charge in [-0.1, -0.05) is 6.92 Å². The number of carbonyl (C=O) groups is 2. The van der Waals surface area contributed by atoms with Crippen LogP contribution in [0.3, 0.4) is 0 Å². The number of aryl methyl sites for hydroxylation is 2. The monoisotopic (exact) mass is 323 g/mol. The molecule has 0 bridgehead atoms. The molecule has 1 unspecified atom stereocenters. The van der Waals surface area contributed by atoms with E-state index in [1.54, 1.807) is 6.20 Å². The zero-order chi connectivity index (χ0) is 16.9. The Kier molecular flexibility index (Phi) is 5.76. The maximum atomic E-state index is 12.4. The van der Waals surface area contributed by atoms with E-state index in [1.165, 1.54) is 0 Å². The van der Waals surface area contributed by atoms with Gasteiger partial charge in [0.05, 0.1) is 11.6 Å². The highest BCUT2D eigenvalue weighted by Gasteiger charge is 2.52. The molecule has 128 valence electrons. The van der Waals surface area contributed by atoms with Gasteiger partial charge in [-0.3, -0.25) is 9.59 Å². The van der Waals surface area contributed by atoms with Crippen LogP contribution in [0.2, 0.25) is 0 Å². The van der Waals surface area contributed by atoms with Crippen molar-refractivity contribution in [3.05, 3.63) is 18.2 Å². The van der Waals surface area contributed by atoms with Crippen LogP contribution in [-0.4, -0.2) is 55.2 Å². The van der Waals surface area contributed by atoms with Crippen molar-refractivity contribution < 1.29 is 19.8 Å². The summed E-state index contributed by atoms with van der Waals surface area (Å²) in [5.41, 5.74) is -0.574. The third kappa shape index (κ3) is 4.10. The molecule has 1 aromatic rings. The number of imidazole rings is 1. The van der Waals surface area contributed by atoms with Gasteiger partial charge in [0.25, 0.3) is 6.47 Å². The van der Waals surface area contributed by atoms with Crippen molar-refractivity contribution in [2.24, 2.45) is 0 Å². The summed E-state index contributed by atoms with van der Waals surface area (Å²) in [4.78, 5) is 27.0. The average Bonchev–Trinajstić information content (AvgIpc) is 3.00. The van der Waals surface area contributed by atoms with Gasteiger partial charge in [0.2, 0.25) is 5.91 Å². The summed E-state index contributed by atoms with van der Waals surface area (Å²) in [5.74, 6) is 1.19. The first-order chi connectivity index (χ1) is 11.1. The van der Waals surface area contributed by atoms with Gasteiger partial charge in [0.1, 0.15) is 5.82 Å². The molecule has 7 heteroatoms. The van der Waals surface area contributed by atoms with Crippen LogP contribution >= 0.6 is 0 Å². The molecule has 3 rings (SSSR count). The van der Waals surface area contributed by atoms with Crippen molar-refractivity contribution in [3.8, 4) is 0 Å². The van der Waals surface area contributed by atoms with Gasteiger partial charge in [-0.2, -0.15) is 0 Å². The predicted molar refractivity (Wildman–Crippen MR) is 83.8 cm³/mol. The molecule has 2 N–H and O–H groups in total. The van der Waals surface area contributed by atoms with E-state index in [4.69, 9.17) is 9.90 Å². The number of hydrogen-bond donors (Lipinski definition) is 2. The Balaban J connectivity index is 0.000000595. The molecule has 7 nitrogen and oxygen atoms in total. The first kappa shape index (κ1) is 17.5. The molecule has 1 saturated carbocycles. The minimum absolute atomic E-state index is 0.0587. The minimum atomic E-state index is -0.574. The SMILES string of the molecule is CCc1nccn1CCC(=O)N1CCCC1C1(O)CC1.O=CO. The van der Waals surface area contributed by atoms with Crippen molar-refractivity contribution >= 4 is 12.4 Å². The maximum absolute atomic E-state index is 12.4. The Morgan fingerprint density at radius 3 is 2.83 bits per heavy atom. The van der Waals surface area contributed by atoms with Crippen molar-refractivity contribution in [2.45, 2.75) is 63.6 Å². The van der Waals surface area contributed by atoms with Crippen LogP contribution in [0.5, 0.6) is 0 Å². The maximum Gasteiger partial charge on any atom is 0.290 e. The molecule has 0 aromatic carbocycles. The molecule has 2 heterocycles. The summed E-state index contributed by atoms with van der Waals surface area (Å²) in [7, 11) is 0. The fourth-order valence-corrected chi connectivity index (χ4v) is 3.30. The fourth-order valence-electron chi connectivity index (χ4n) is 3.30. The number of amides is 1.